The summed E-state index contributed by atoms with van der Waals surface area (Å²) in [4.78, 5) is 3.92. The molecule has 0 atom stereocenters. The second-order valence-electron chi connectivity index (χ2n) is 2.03. The van der Waals surface area contributed by atoms with Crippen LogP contribution in [0.3, 0.4) is 0 Å². The number of aliphatic imine (C=N–C) groups is 1. The summed E-state index contributed by atoms with van der Waals surface area (Å²) in [5, 5.41) is 8.03. The number of nitrogens with one attached hydrogen (secondary N) is 1. The van der Waals surface area contributed by atoms with Gasteiger partial charge in [-0.1, -0.05) is 0 Å². The van der Waals surface area contributed by atoms with E-state index in [1.807, 2.05) is 0 Å². The normalized spacial score (nSPS) is 17.7. The quantitative estimate of drug-likeness (QED) is 0.672. The third kappa shape index (κ3) is 2.10. The van der Waals surface area contributed by atoms with Crippen molar-refractivity contribution in [3.05, 3.63) is 0 Å². The highest BCUT2D eigenvalue weighted by atomic mass is 32.2. The maximum Gasteiger partial charge on any atom is 0.131 e. The van der Waals surface area contributed by atoms with Crippen LogP contribution in [0.1, 0.15) is 12.8 Å². The minimum atomic E-state index is -0.285. The average molecular weight is 160 g/mol. The van der Waals surface area contributed by atoms with Gasteiger partial charge >= 0.3 is 0 Å². The van der Waals surface area contributed by atoms with Crippen molar-refractivity contribution in [3.8, 4) is 0 Å². The predicted octanol–water partition coefficient (Wildman–Crippen LogP) is 1.86. The fourth-order valence-corrected chi connectivity index (χ4v) is 1.54. The fourth-order valence-electron chi connectivity index (χ4n) is 0.713. The molecule has 0 saturated heterocycles. The van der Waals surface area contributed by atoms with Crippen LogP contribution in [-0.4, -0.2) is 23.3 Å². The number of hydrogen-bond donors (Lipinski definition) is 1. The van der Waals surface area contributed by atoms with Gasteiger partial charge in [0.1, 0.15) is 5.84 Å². The first kappa shape index (κ1) is 7.72. The van der Waals surface area contributed by atoms with Crippen molar-refractivity contribution in [3.63, 3.8) is 0 Å². The molecule has 0 spiro atoms. The number of nitrogens with zero attached hydrogens (tertiary/aromatic N) is 1. The van der Waals surface area contributed by atoms with Gasteiger partial charge in [0.15, 0.2) is 0 Å². The smallest absolute Gasteiger partial charge is 0.131 e. The molecule has 0 bridgehead atoms. The molecule has 0 aromatic carbocycles. The molecule has 10 heavy (non-hydrogen) atoms. The van der Waals surface area contributed by atoms with Crippen molar-refractivity contribution >= 4 is 22.6 Å². The second-order valence-corrected chi connectivity index (χ2v) is 3.08. The molecule has 0 saturated carbocycles. The van der Waals surface area contributed by atoms with Gasteiger partial charge in [-0.3, -0.25) is 9.80 Å². The first-order valence-electron chi connectivity index (χ1n) is 3.16. The van der Waals surface area contributed by atoms with Gasteiger partial charge in [0.05, 0.1) is 17.5 Å². The monoisotopic (exact) mass is 160 g/mol. The third-order valence-electron chi connectivity index (χ3n) is 1.16. The maximum absolute atomic E-state index is 11.6. The van der Waals surface area contributed by atoms with Crippen LogP contribution in [0.25, 0.3) is 0 Å². The molecular weight excluding hydrogens is 151 g/mol. The summed E-state index contributed by atoms with van der Waals surface area (Å²) in [6.45, 7) is -0.285. The highest BCUT2D eigenvalue weighted by Gasteiger charge is 2.10. The van der Waals surface area contributed by atoms with Crippen LogP contribution in [0.15, 0.2) is 4.99 Å². The molecule has 0 unspecified atom stereocenters. The minimum Gasteiger partial charge on any atom is -0.286 e. The fraction of sp³-hybridized carbons (Fsp3) is 0.667. The van der Waals surface area contributed by atoms with Crippen LogP contribution in [0.4, 0.5) is 4.39 Å². The van der Waals surface area contributed by atoms with Gasteiger partial charge in [-0.15, -0.1) is 11.8 Å². The van der Waals surface area contributed by atoms with Crippen molar-refractivity contribution in [2.75, 3.05) is 12.4 Å². The number of amidine groups is 1. The summed E-state index contributed by atoms with van der Waals surface area (Å²) >= 11 is 1.55. The predicted molar refractivity (Wildman–Crippen MR) is 42.8 cm³/mol. The summed E-state index contributed by atoms with van der Waals surface area (Å²) in [5.74, 6) is 1.08. The Hall–Kier alpha value is -0.380. The summed E-state index contributed by atoms with van der Waals surface area (Å²) < 4.78 is 11.6. The minimum absolute atomic E-state index is 0.285. The lowest BCUT2D eigenvalue weighted by atomic mass is 10.3. The van der Waals surface area contributed by atoms with Crippen molar-refractivity contribution in [2.24, 2.45) is 4.99 Å². The van der Waals surface area contributed by atoms with Gasteiger partial charge in [-0.05, 0) is 12.8 Å². The molecule has 0 aromatic rings. The SMILES string of the molecule is N=C1CSC(CCCF)=N1. The summed E-state index contributed by atoms with van der Waals surface area (Å²) in [7, 11) is 0. The zero-order chi connectivity index (χ0) is 7.40. The Morgan fingerprint density at radius 2 is 2.50 bits per heavy atom. The zero-order valence-electron chi connectivity index (χ0n) is 5.56. The van der Waals surface area contributed by atoms with Crippen molar-refractivity contribution in [1.82, 2.24) is 0 Å². The first-order chi connectivity index (χ1) is 4.83. The van der Waals surface area contributed by atoms with Gasteiger partial charge in [-0.25, -0.2) is 4.99 Å². The van der Waals surface area contributed by atoms with Crippen LogP contribution in [0.5, 0.6) is 0 Å². The lowest BCUT2D eigenvalue weighted by Crippen LogP contribution is -1.88. The van der Waals surface area contributed by atoms with E-state index in [1.165, 1.54) is 0 Å². The highest BCUT2D eigenvalue weighted by Crippen LogP contribution is 2.16. The molecule has 0 amide bonds. The Morgan fingerprint density at radius 1 is 1.70 bits per heavy atom. The summed E-state index contributed by atoms with van der Waals surface area (Å²) in [5.41, 5.74) is 0. The van der Waals surface area contributed by atoms with E-state index in [2.05, 4.69) is 4.99 Å². The number of halogens is 1. The average Bonchev–Trinajstić information content (AvgIpc) is 2.31. The number of hydrogen-bond acceptors (Lipinski definition) is 2. The number of rotatable bonds is 3. The molecule has 0 aromatic heterocycles. The second kappa shape index (κ2) is 3.71. The number of thioether (sulfide) groups is 1. The van der Waals surface area contributed by atoms with Crippen LogP contribution in [0.2, 0.25) is 0 Å². The lowest BCUT2D eigenvalue weighted by molar-refractivity contribution is 0.480. The molecule has 2 nitrogen and oxygen atoms in total. The van der Waals surface area contributed by atoms with E-state index >= 15 is 0 Å². The molecule has 1 heterocycles. The molecule has 56 valence electrons. The van der Waals surface area contributed by atoms with Gasteiger partial charge in [0, 0.05) is 0 Å². The standard InChI is InChI=1S/C6H9FN2S/c7-3-1-2-6-9-5(8)4-10-6/h8H,1-4H2. The molecular formula is C6H9FN2S. The largest absolute Gasteiger partial charge is 0.286 e. The molecule has 0 aliphatic carbocycles. The third-order valence-corrected chi connectivity index (χ3v) is 2.21. The van der Waals surface area contributed by atoms with Gasteiger partial charge in [0.25, 0.3) is 0 Å². The molecule has 1 aliphatic heterocycles. The van der Waals surface area contributed by atoms with Crippen LogP contribution in [-0.2, 0) is 0 Å². The van der Waals surface area contributed by atoms with Crippen LogP contribution < -0.4 is 0 Å². The van der Waals surface area contributed by atoms with Gasteiger partial charge < -0.3 is 0 Å². The zero-order valence-corrected chi connectivity index (χ0v) is 6.38. The van der Waals surface area contributed by atoms with Crippen LogP contribution in [0, 0.1) is 5.41 Å². The summed E-state index contributed by atoms with van der Waals surface area (Å²) in [6, 6.07) is 0. The van der Waals surface area contributed by atoms with Crippen LogP contribution >= 0.6 is 11.8 Å². The Kier molecular flexibility index (Phi) is 2.86. The van der Waals surface area contributed by atoms with E-state index < -0.39 is 0 Å². The molecule has 1 rings (SSSR count). The number of alkyl halides is 1. The Balaban J connectivity index is 2.28. The molecule has 0 fully saturated rings. The van der Waals surface area contributed by atoms with Crippen molar-refractivity contribution < 1.29 is 4.39 Å². The molecule has 4 heteroatoms. The van der Waals surface area contributed by atoms with E-state index in [9.17, 15) is 4.39 Å². The molecule has 1 aliphatic rings. The van der Waals surface area contributed by atoms with Crippen molar-refractivity contribution in [2.45, 2.75) is 12.8 Å². The van der Waals surface area contributed by atoms with Gasteiger partial charge in [-0.2, -0.15) is 0 Å². The first-order valence-corrected chi connectivity index (χ1v) is 4.15. The Morgan fingerprint density at radius 3 is 3.00 bits per heavy atom. The van der Waals surface area contributed by atoms with E-state index in [-0.39, 0.29) is 6.67 Å². The Bertz CT molecular complexity index is 167. The van der Waals surface area contributed by atoms with E-state index in [1.54, 1.807) is 11.8 Å². The Labute approximate surface area is 63.4 Å². The maximum atomic E-state index is 11.6. The highest BCUT2D eigenvalue weighted by molar-refractivity contribution is 8.15. The molecule has 0 radical (unpaired) electrons. The van der Waals surface area contributed by atoms with Gasteiger partial charge in [0.2, 0.25) is 0 Å². The summed E-state index contributed by atoms with van der Waals surface area (Å²) in [6.07, 6.45) is 1.24. The van der Waals surface area contributed by atoms with Crippen molar-refractivity contribution in [1.29, 1.82) is 5.41 Å². The topological polar surface area (TPSA) is 36.2 Å². The van der Waals surface area contributed by atoms with E-state index in [0.717, 1.165) is 5.04 Å². The molecule has 1 N–H and O–H groups in total. The van der Waals surface area contributed by atoms with E-state index in [0.29, 0.717) is 24.4 Å². The lowest BCUT2D eigenvalue weighted by Gasteiger charge is -1.92. The van der Waals surface area contributed by atoms with E-state index in [4.69, 9.17) is 5.41 Å².